The van der Waals surface area contributed by atoms with Crippen LogP contribution in [-0.2, 0) is 0 Å². The Labute approximate surface area is 114 Å². The molecule has 0 atom stereocenters. The van der Waals surface area contributed by atoms with Gasteiger partial charge in [-0.25, -0.2) is 9.50 Å². The SMILES string of the molecule is Cc1ccc(-c2nc3ccc(Cl)nn3c2C=O)cc1. The minimum atomic E-state index is 0.323. The van der Waals surface area contributed by atoms with Crippen LogP contribution in [0.1, 0.15) is 16.1 Å². The van der Waals surface area contributed by atoms with Gasteiger partial charge < -0.3 is 0 Å². The van der Waals surface area contributed by atoms with E-state index in [1.807, 2.05) is 31.2 Å². The van der Waals surface area contributed by atoms with Crippen molar-refractivity contribution in [1.29, 1.82) is 0 Å². The van der Waals surface area contributed by atoms with Gasteiger partial charge in [-0.1, -0.05) is 41.4 Å². The molecule has 0 N–H and O–H groups in total. The van der Waals surface area contributed by atoms with Gasteiger partial charge in [0.2, 0.25) is 0 Å². The second kappa shape index (κ2) is 4.48. The Morgan fingerprint density at radius 3 is 2.58 bits per heavy atom. The number of nitrogens with zero attached hydrogens (tertiary/aromatic N) is 3. The van der Waals surface area contributed by atoms with Crippen molar-refractivity contribution in [2.45, 2.75) is 6.92 Å². The zero-order chi connectivity index (χ0) is 13.4. The van der Waals surface area contributed by atoms with Crippen molar-refractivity contribution in [2.75, 3.05) is 0 Å². The maximum atomic E-state index is 11.3. The molecular weight excluding hydrogens is 262 g/mol. The molecule has 19 heavy (non-hydrogen) atoms. The highest BCUT2D eigenvalue weighted by Gasteiger charge is 2.14. The Bertz CT molecular complexity index is 762. The van der Waals surface area contributed by atoms with E-state index in [4.69, 9.17) is 11.6 Å². The van der Waals surface area contributed by atoms with E-state index in [9.17, 15) is 4.79 Å². The van der Waals surface area contributed by atoms with Gasteiger partial charge in [0.05, 0.1) is 0 Å². The Morgan fingerprint density at radius 2 is 1.89 bits per heavy atom. The number of hydrogen-bond donors (Lipinski definition) is 0. The monoisotopic (exact) mass is 271 g/mol. The van der Waals surface area contributed by atoms with E-state index in [1.54, 1.807) is 12.1 Å². The van der Waals surface area contributed by atoms with Gasteiger partial charge >= 0.3 is 0 Å². The number of aryl methyl sites for hydroxylation is 1. The van der Waals surface area contributed by atoms with Crippen LogP contribution in [0.25, 0.3) is 16.9 Å². The quantitative estimate of drug-likeness (QED) is 0.673. The summed E-state index contributed by atoms with van der Waals surface area (Å²) in [6, 6.07) is 11.2. The number of fused-ring (bicyclic) bond motifs is 1. The lowest BCUT2D eigenvalue weighted by Crippen LogP contribution is -1.97. The predicted molar refractivity (Wildman–Crippen MR) is 73.6 cm³/mol. The average Bonchev–Trinajstić information content (AvgIpc) is 2.77. The van der Waals surface area contributed by atoms with E-state index in [0.29, 0.717) is 22.2 Å². The van der Waals surface area contributed by atoms with Crippen molar-refractivity contribution >= 4 is 23.5 Å². The first-order chi connectivity index (χ1) is 9.19. The van der Waals surface area contributed by atoms with Crippen LogP contribution >= 0.6 is 11.6 Å². The Kier molecular flexibility index (Phi) is 2.80. The fraction of sp³-hybridized carbons (Fsp3) is 0.0714. The average molecular weight is 272 g/mol. The molecule has 0 saturated heterocycles. The predicted octanol–water partition coefficient (Wildman–Crippen LogP) is 3.17. The summed E-state index contributed by atoms with van der Waals surface area (Å²) in [5, 5.41) is 4.42. The largest absolute Gasteiger partial charge is 0.296 e. The zero-order valence-corrected chi connectivity index (χ0v) is 10.9. The summed E-state index contributed by atoms with van der Waals surface area (Å²) >= 11 is 5.85. The summed E-state index contributed by atoms with van der Waals surface area (Å²) in [5.74, 6) is 0. The highest BCUT2D eigenvalue weighted by molar-refractivity contribution is 6.29. The number of hydrogen-bond acceptors (Lipinski definition) is 3. The molecule has 1 aromatic carbocycles. The minimum absolute atomic E-state index is 0.323. The van der Waals surface area contributed by atoms with Crippen LogP contribution in [0.5, 0.6) is 0 Å². The highest BCUT2D eigenvalue weighted by atomic mass is 35.5. The molecule has 0 radical (unpaired) electrons. The third kappa shape index (κ3) is 2.00. The third-order valence-electron chi connectivity index (χ3n) is 2.92. The van der Waals surface area contributed by atoms with Crippen LogP contribution in [0.3, 0.4) is 0 Å². The van der Waals surface area contributed by atoms with Gasteiger partial charge in [0.1, 0.15) is 16.5 Å². The number of aromatic nitrogens is 3. The number of carbonyl (C=O) groups excluding carboxylic acids is 1. The highest BCUT2D eigenvalue weighted by Crippen LogP contribution is 2.23. The first-order valence-electron chi connectivity index (χ1n) is 5.76. The van der Waals surface area contributed by atoms with E-state index >= 15 is 0 Å². The lowest BCUT2D eigenvalue weighted by Gasteiger charge is -1.99. The fourth-order valence-electron chi connectivity index (χ4n) is 1.96. The molecular formula is C14H10ClN3O. The first kappa shape index (κ1) is 11.9. The van der Waals surface area contributed by atoms with Gasteiger partial charge in [0.25, 0.3) is 0 Å². The molecule has 0 fully saturated rings. The molecule has 0 aliphatic rings. The Morgan fingerprint density at radius 1 is 1.16 bits per heavy atom. The molecule has 0 bridgehead atoms. The molecule has 4 nitrogen and oxygen atoms in total. The molecule has 94 valence electrons. The summed E-state index contributed by atoms with van der Waals surface area (Å²) in [6.45, 7) is 2.01. The first-order valence-corrected chi connectivity index (χ1v) is 6.14. The molecule has 0 saturated carbocycles. The van der Waals surface area contributed by atoms with Crippen molar-refractivity contribution in [3.63, 3.8) is 0 Å². The van der Waals surface area contributed by atoms with Crippen molar-refractivity contribution in [3.05, 3.63) is 52.8 Å². The Hall–Kier alpha value is -2.20. The number of rotatable bonds is 2. The second-order valence-corrected chi connectivity index (χ2v) is 4.64. The van der Waals surface area contributed by atoms with Gasteiger partial charge in [0, 0.05) is 5.56 Å². The summed E-state index contributed by atoms with van der Waals surface area (Å²) in [4.78, 5) is 15.7. The van der Waals surface area contributed by atoms with Crippen LogP contribution in [0.2, 0.25) is 5.15 Å². The molecule has 3 rings (SSSR count). The van der Waals surface area contributed by atoms with E-state index in [1.165, 1.54) is 4.52 Å². The number of halogens is 1. The normalized spacial score (nSPS) is 10.8. The van der Waals surface area contributed by atoms with E-state index in [-0.39, 0.29) is 0 Å². The van der Waals surface area contributed by atoms with Crippen molar-refractivity contribution in [2.24, 2.45) is 0 Å². The van der Waals surface area contributed by atoms with Crippen LogP contribution in [0.4, 0.5) is 0 Å². The van der Waals surface area contributed by atoms with Crippen LogP contribution in [0, 0.1) is 6.92 Å². The number of benzene rings is 1. The molecule has 0 aliphatic carbocycles. The summed E-state index contributed by atoms with van der Waals surface area (Å²) in [7, 11) is 0. The Balaban J connectivity index is 2.28. The standard InChI is InChI=1S/C14H10ClN3O/c1-9-2-4-10(5-3-9)14-11(8-19)18-13(16-14)7-6-12(15)17-18/h2-8H,1H3. The van der Waals surface area contributed by atoms with Crippen molar-refractivity contribution in [1.82, 2.24) is 14.6 Å². The molecule has 5 heteroatoms. The fourth-order valence-corrected chi connectivity index (χ4v) is 2.10. The zero-order valence-electron chi connectivity index (χ0n) is 10.2. The van der Waals surface area contributed by atoms with Crippen LogP contribution in [-0.4, -0.2) is 20.9 Å². The lowest BCUT2D eigenvalue weighted by atomic mass is 10.1. The molecule has 0 spiro atoms. The van der Waals surface area contributed by atoms with Gasteiger partial charge in [-0.05, 0) is 19.1 Å². The van der Waals surface area contributed by atoms with Gasteiger partial charge in [-0.15, -0.1) is 0 Å². The van der Waals surface area contributed by atoms with E-state index < -0.39 is 0 Å². The van der Waals surface area contributed by atoms with Gasteiger partial charge in [0.15, 0.2) is 11.9 Å². The molecule has 2 heterocycles. The smallest absolute Gasteiger partial charge is 0.170 e. The number of carbonyl (C=O) groups is 1. The molecule has 3 aromatic rings. The molecule has 0 unspecified atom stereocenters. The van der Waals surface area contributed by atoms with Crippen molar-refractivity contribution < 1.29 is 4.79 Å². The topological polar surface area (TPSA) is 47.3 Å². The maximum absolute atomic E-state index is 11.3. The summed E-state index contributed by atoms with van der Waals surface area (Å²) < 4.78 is 1.46. The third-order valence-corrected chi connectivity index (χ3v) is 3.12. The lowest BCUT2D eigenvalue weighted by molar-refractivity contribution is 0.111. The summed E-state index contributed by atoms with van der Waals surface area (Å²) in [5.41, 5.74) is 3.66. The molecule has 2 aromatic heterocycles. The second-order valence-electron chi connectivity index (χ2n) is 4.26. The minimum Gasteiger partial charge on any atom is -0.296 e. The van der Waals surface area contributed by atoms with Crippen LogP contribution in [0.15, 0.2) is 36.4 Å². The summed E-state index contributed by atoms with van der Waals surface area (Å²) in [6.07, 6.45) is 0.749. The van der Waals surface area contributed by atoms with E-state index in [0.717, 1.165) is 17.4 Å². The van der Waals surface area contributed by atoms with Gasteiger partial charge in [-0.2, -0.15) is 5.10 Å². The number of imidazole rings is 1. The van der Waals surface area contributed by atoms with Crippen LogP contribution < -0.4 is 0 Å². The van der Waals surface area contributed by atoms with E-state index in [2.05, 4.69) is 10.1 Å². The molecule has 0 amide bonds. The number of aldehydes is 1. The van der Waals surface area contributed by atoms with Gasteiger partial charge in [-0.3, -0.25) is 4.79 Å². The molecule has 0 aliphatic heterocycles. The van der Waals surface area contributed by atoms with Crippen molar-refractivity contribution in [3.8, 4) is 11.3 Å². The maximum Gasteiger partial charge on any atom is 0.170 e.